The highest BCUT2D eigenvalue weighted by Gasteiger charge is 2.17. The molecule has 2 rings (SSSR count). The summed E-state index contributed by atoms with van der Waals surface area (Å²) in [5, 5.41) is 4.36. The first-order valence-corrected chi connectivity index (χ1v) is 7.43. The summed E-state index contributed by atoms with van der Waals surface area (Å²) in [6.07, 6.45) is 6.52. The molecule has 0 radical (unpaired) electrons. The highest BCUT2D eigenvalue weighted by atomic mass is 32.2. The van der Waals surface area contributed by atoms with Crippen LogP contribution in [-0.4, -0.2) is 33.9 Å². The van der Waals surface area contributed by atoms with Gasteiger partial charge in [0.2, 0.25) is 5.95 Å². The van der Waals surface area contributed by atoms with Crippen molar-refractivity contribution in [3.63, 3.8) is 0 Å². The van der Waals surface area contributed by atoms with E-state index in [0.29, 0.717) is 23.8 Å². The van der Waals surface area contributed by atoms with E-state index in [0.717, 1.165) is 5.16 Å². The van der Waals surface area contributed by atoms with Gasteiger partial charge < -0.3 is 10.1 Å². The first kappa shape index (κ1) is 13.4. The Hall–Kier alpha value is -1.04. The number of rotatable bonds is 5. The van der Waals surface area contributed by atoms with Crippen LogP contribution in [0.3, 0.4) is 0 Å². The fraction of sp³-hybridized carbons (Fsp3) is 0.750. The SMILES string of the molecule is CCOc1nc(NC)nc(SC2CCCCC2)n1. The standard InChI is InChI=1S/C12H20N4OS/c1-3-17-11-14-10(13-2)15-12(16-11)18-9-7-5-4-6-8-9/h9H,3-8H2,1-2H3,(H,13,14,15,16). The molecule has 1 aliphatic carbocycles. The molecule has 1 heterocycles. The maximum atomic E-state index is 5.36. The van der Waals surface area contributed by atoms with E-state index in [1.165, 1.54) is 32.1 Å². The lowest BCUT2D eigenvalue weighted by atomic mass is 10.0. The van der Waals surface area contributed by atoms with Gasteiger partial charge in [-0.15, -0.1) is 0 Å². The molecule has 0 aliphatic heterocycles. The lowest BCUT2D eigenvalue weighted by Crippen LogP contribution is -2.10. The number of nitrogens with zero attached hydrogens (tertiary/aromatic N) is 3. The Labute approximate surface area is 112 Å². The van der Waals surface area contributed by atoms with E-state index in [1.807, 2.05) is 6.92 Å². The smallest absolute Gasteiger partial charge is 0.322 e. The Kier molecular flexibility index (Phi) is 5.04. The normalized spacial score (nSPS) is 16.6. The average Bonchev–Trinajstić information content (AvgIpc) is 2.40. The summed E-state index contributed by atoms with van der Waals surface area (Å²) in [5.41, 5.74) is 0. The van der Waals surface area contributed by atoms with Gasteiger partial charge in [0.1, 0.15) is 0 Å². The molecule has 1 N–H and O–H groups in total. The second-order valence-electron chi connectivity index (χ2n) is 4.29. The minimum Gasteiger partial charge on any atom is -0.464 e. The maximum Gasteiger partial charge on any atom is 0.322 e. The summed E-state index contributed by atoms with van der Waals surface area (Å²) < 4.78 is 5.36. The number of ether oxygens (including phenoxy) is 1. The first-order chi connectivity index (χ1) is 8.81. The highest BCUT2D eigenvalue weighted by molar-refractivity contribution is 7.99. The number of anilines is 1. The molecule has 0 saturated heterocycles. The summed E-state index contributed by atoms with van der Waals surface area (Å²) in [6.45, 7) is 2.50. The van der Waals surface area contributed by atoms with E-state index >= 15 is 0 Å². The van der Waals surface area contributed by atoms with E-state index in [2.05, 4.69) is 20.3 Å². The molecule has 0 bridgehead atoms. The predicted octanol–water partition coefficient (Wildman–Crippen LogP) is 2.74. The molecule has 1 fully saturated rings. The van der Waals surface area contributed by atoms with Crippen molar-refractivity contribution in [1.29, 1.82) is 0 Å². The van der Waals surface area contributed by atoms with E-state index in [1.54, 1.807) is 18.8 Å². The van der Waals surface area contributed by atoms with Gasteiger partial charge in [-0.2, -0.15) is 15.0 Å². The van der Waals surface area contributed by atoms with Crippen molar-refractivity contribution in [2.45, 2.75) is 49.4 Å². The number of hydrogen-bond donors (Lipinski definition) is 1. The van der Waals surface area contributed by atoms with Crippen LogP contribution in [0.5, 0.6) is 6.01 Å². The van der Waals surface area contributed by atoms with Crippen molar-refractivity contribution in [3.05, 3.63) is 0 Å². The molecule has 0 aromatic carbocycles. The molecule has 0 spiro atoms. The molecule has 100 valence electrons. The maximum absolute atomic E-state index is 5.36. The second kappa shape index (κ2) is 6.78. The molecule has 0 unspecified atom stereocenters. The van der Waals surface area contributed by atoms with Crippen LogP contribution >= 0.6 is 11.8 Å². The van der Waals surface area contributed by atoms with Gasteiger partial charge in [0.25, 0.3) is 0 Å². The third-order valence-corrected chi connectivity index (χ3v) is 4.11. The van der Waals surface area contributed by atoms with Crippen LogP contribution in [0.2, 0.25) is 0 Å². The first-order valence-electron chi connectivity index (χ1n) is 6.55. The van der Waals surface area contributed by atoms with Gasteiger partial charge in [0.05, 0.1) is 6.61 Å². The fourth-order valence-electron chi connectivity index (χ4n) is 2.03. The van der Waals surface area contributed by atoms with Crippen molar-refractivity contribution in [1.82, 2.24) is 15.0 Å². The number of thioether (sulfide) groups is 1. The minimum absolute atomic E-state index is 0.412. The van der Waals surface area contributed by atoms with Gasteiger partial charge in [-0.1, -0.05) is 31.0 Å². The lowest BCUT2D eigenvalue weighted by molar-refractivity contribution is 0.308. The van der Waals surface area contributed by atoms with E-state index in [4.69, 9.17) is 4.74 Å². The second-order valence-corrected chi connectivity index (χ2v) is 5.55. The molecular formula is C12H20N4OS. The Balaban J connectivity index is 2.07. The van der Waals surface area contributed by atoms with Crippen molar-refractivity contribution in [3.8, 4) is 6.01 Å². The van der Waals surface area contributed by atoms with Crippen LogP contribution in [0.25, 0.3) is 0 Å². The number of nitrogens with one attached hydrogen (secondary N) is 1. The Morgan fingerprint density at radius 1 is 1.22 bits per heavy atom. The van der Waals surface area contributed by atoms with Crippen molar-refractivity contribution >= 4 is 17.7 Å². The zero-order valence-electron chi connectivity index (χ0n) is 11.0. The minimum atomic E-state index is 0.412. The Morgan fingerprint density at radius 2 is 2.00 bits per heavy atom. The summed E-state index contributed by atoms with van der Waals surface area (Å²) in [6, 6.07) is 0.412. The molecule has 0 amide bonds. The van der Waals surface area contributed by atoms with E-state index in [9.17, 15) is 0 Å². The zero-order valence-corrected chi connectivity index (χ0v) is 11.8. The third kappa shape index (κ3) is 3.73. The monoisotopic (exact) mass is 268 g/mol. The van der Waals surface area contributed by atoms with Crippen molar-refractivity contribution in [2.24, 2.45) is 0 Å². The van der Waals surface area contributed by atoms with Crippen LogP contribution in [-0.2, 0) is 0 Å². The fourth-order valence-corrected chi connectivity index (χ4v) is 3.17. The average molecular weight is 268 g/mol. The largest absolute Gasteiger partial charge is 0.464 e. The highest BCUT2D eigenvalue weighted by Crippen LogP contribution is 2.32. The molecule has 5 nitrogen and oxygen atoms in total. The summed E-state index contributed by atoms with van der Waals surface area (Å²) >= 11 is 1.75. The van der Waals surface area contributed by atoms with Crippen LogP contribution < -0.4 is 10.1 Å². The molecular weight excluding hydrogens is 248 g/mol. The molecule has 6 heteroatoms. The topological polar surface area (TPSA) is 59.9 Å². The molecule has 18 heavy (non-hydrogen) atoms. The van der Waals surface area contributed by atoms with Gasteiger partial charge in [0.15, 0.2) is 5.16 Å². The summed E-state index contributed by atoms with van der Waals surface area (Å²) in [7, 11) is 1.81. The van der Waals surface area contributed by atoms with E-state index in [-0.39, 0.29) is 0 Å². The van der Waals surface area contributed by atoms with Gasteiger partial charge in [-0.25, -0.2) is 0 Å². The third-order valence-electron chi connectivity index (χ3n) is 2.92. The predicted molar refractivity (Wildman–Crippen MR) is 73.3 cm³/mol. The van der Waals surface area contributed by atoms with E-state index < -0.39 is 0 Å². The van der Waals surface area contributed by atoms with Crippen LogP contribution in [0.15, 0.2) is 5.16 Å². The van der Waals surface area contributed by atoms with Crippen LogP contribution in [0, 0.1) is 0 Å². The Bertz CT molecular complexity index is 382. The summed E-state index contributed by atoms with van der Waals surface area (Å²) in [4.78, 5) is 12.9. The van der Waals surface area contributed by atoms with Gasteiger partial charge >= 0.3 is 6.01 Å². The van der Waals surface area contributed by atoms with Gasteiger partial charge in [-0.3, -0.25) is 0 Å². The summed E-state index contributed by atoms with van der Waals surface area (Å²) in [5.74, 6) is 0.576. The number of aromatic nitrogens is 3. The van der Waals surface area contributed by atoms with Gasteiger partial charge in [-0.05, 0) is 19.8 Å². The van der Waals surface area contributed by atoms with Gasteiger partial charge in [0, 0.05) is 12.3 Å². The molecule has 1 aromatic heterocycles. The Morgan fingerprint density at radius 3 is 2.67 bits per heavy atom. The molecule has 1 aromatic rings. The van der Waals surface area contributed by atoms with Crippen molar-refractivity contribution in [2.75, 3.05) is 19.0 Å². The van der Waals surface area contributed by atoms with Crippen LogP contribution in [0.4, 0.5) is 5.95 Å². The molecule has 1 aliphatic rings. The lowest BCUT2D eigenvalue weighted by Gasteiger charge is -2.20. The zero-order chi connectivity index (χ0) is 12.8. The quantitative estimate of drug-likeness (QED) is 0.886. The van der Waals surface area contributed by atoms with Crippen molar-refractivity contribution < 1.29 is 4.74 Å². The number of hydrogen-bond acceptors (Lipinski definition) is 6. The molecule has 1 saturated carbocycles. The van der Waals surface area contributed by atoms with Crippen LogP contribution in [0.1, 0.15) is 39.0 Å². The molecule has 0 atom stereocenters.